The second kappa shape index (κ2) is 10.1. The summed E-state index contributed by atoms with van der Waals surface area (Å²) >= 11 is 0. The summed E-state index contributed by atoms with van der Waals surface area (Å²) in [4.78, 5) is 0. The van der Waals surface area contributed by atoms with E-state index in [1.165, 1.54) is 0 Å². The second-order valence-electron chi connectivity index (χ2n) is 10.9. The fraction of sp³-hybridized carbons (Fsp3) is 0.333. The second-order valence-corrected chi connectivity index (χ2v) is 37.4. The van der Waals surface area contributed by atoms with E-state index in [2.05, 4.69) is 133 Å². The Morgan fingerprint density at radius 3 is 0.871 bits per heavy atom. The van der Waals surface area contributed by atoms with Crippen LogP contribution in [-0.4, -0.2) is 27.6 Å². The standard InChI is InChI=1S/C27H39PSi3/c1-25(2,22-16-10-7-11-17-22)29-28(30-26(3,4)23-18-12-8-13-19-23)31-27(5,6)24-20-14-9-15-21-24/h7-21H,29-31H2,1-6H3. The van der Waals surface area contributed by atoms with Crippen LogP contribution in [0.2, 0.25) is 0 Å². The van der Waals surface area contributed by atoms with Crippen LogP contribution in [0, 0.1) is 0 Å². The Labute approximate surface area is 198 Å². The average Bonchev–Trinajstić information content (AvgIpc) is 2.75. The van der Waals surface area contributed by atoms with Crippen LogP contribution in [-0.2, 0) is 15.1 Å². The Kier molecular flexibility index (Phi) is 7.96. The van der Waals surface area contributed by atoms with Gasteiger partial charge in [-0.3, -0.25) is 0 Å². The maximum Gasteiger partial charge on any atom is 0.0503 e. The van der Waals surface area contributed by atoms with E-state index >= 15 is 0 Å². The predicted molar refractivity (Wildman–Crippen MR) is 151 cm³/mol. The molecule has 0 saturated heterocycles. The zero-order valence-electron chi connectivity index (χ0n) is 20.2. The molecule has 0 atom stereocenters. The van der Waals surface area contributed by atoms with Crippen molar-refractivity contribution in [1.29, 1.82) is 0 Å². The largest absolute Gasteiger partial charge is 0.155 e. The first-order valence-corrected chi connectivity index (χ1v) is 21.2. The van der Waals surface area contributed by atoms with Gasteiger partial charge >= 0.3 is 0 Å². The lowest BCUT2D eigenvalue weighted by Crippen LogP contribution is -2.37. The lowest BCUT2D eigenvalue weighted by molar-refractivity contribution is 0.753. The van der Waals surface area contributed by atoms with Gasteiger partial charge in [-0.2, -0.15) is 6.57 Å². The van der Waals surface area contributed by atoms with Crippen molar-refractivity contribution in [2.45, 2.75) is 56.7 Å². The first-order chi connectivity index (χ1) is 14.6. The molecule has 0 unspecified atom stereocenters. The fourth-order valence-corrected chi connectivity index (χ4v) is 55.6. The minimum absolute atomic E-state index is 0.221. The molecular weight excluding hydrogens is 440 g/mol. The first kappa shape index (κ1) is 24.4. The summed E-state index contributed by atoms with van der Waals surface area (Å²) in [6.45, 7) is 15.5. The summed E-state index contributed by atoms with van der Waals surface area (Å²) in [5.41, 5.74) is 4.69. The van der Waals surface area contributed by atoms with Gasteiger partial charge in [-0.25, -0.2) is 0 Å². The number of benzene rings is 3. The Morgan fingerprint density at radius 2 is 0.645 bits per heavy atom. The predicted octanol–water partition coefficient (Wildman–Crippen LogP) is 5.53. The number of hydrogen-bond acceptors (Lipinski definition) is 0. The Balaban J connectivity index is 1.90. The monoisotopic (exact) mass is 478 g/mol. The van der Waals surface area contributed by atoms with Crippen molar-refractivity contribution in [3.63, 3.8) is 0 Å². The van der Waals surface area contributed by atoms with E-state index in [1.807, 2.05) is 0 Å². The molecule has 0 aliphatic carbocycles. The molecule has 0 radical (unpaired) electrons. The molecule has 0 heterocycles. The van der Waals surface area contributed by atoms with Crippen LogP contribution in [0.4, 0.5) is 0 Å². The van der Waals surface area contributed by atoms with Crippen molar-refractivity contribution >= 4 is 34.1 Å². The summed E-state index contributed by atoms with van der Waals surface area (Å²) < 4.78 is 0. The minimum atomic E-state index is -0.226. The molecule has 0 bridgehead atoms. The van der Waals surface area contributed by atoms with Gasteiger partial charge in [0, 0.05) is 0 Å². The lowest BCUT2D eigenvalue weighted by atomic mass is 10.0. The third-order valence-corrected chi connectivity index (χ3v) is 34.7. The van der Waals surface area contributed by atoms with Crippen LogP contribution in [0.5, 0.6) is 0 Å². The van der Waals surface area contributed by atoms with Gasteiger partial charge in [0.1, 0.15) is 0 Å². The molecule has 0 aliphatic rings. The maximum atomic E-state index is 2.54. The zero-order chi connectivity index (χ0) is 22.5. The zero-order valence-corrected chi connectivity index (χ0v) is 25.4. The van der Waals surface area contributed by atoms with E-state index in [0.29, 0.717) is 15.1 Å². The van der Waals surface area contributed by atoms with Crippen LogP contribution in [0.25, 0.3) is 0 Å². The van der Waals surface area contributed by atoms with Crippen molar-refractivity contribution in [2.75, 3.05) is 0 Å². The molecule has 0 aliphatic heterocycles. The molecule has 0 spiro atoms. The van der Waals surface area contributed by atoms with Gasteiger partial charge in [0.25, 0.3) is 0 Å². The number of rotatable bonds is 9. The molecule has 0 N–H and O–H groups in total. The van der Waals surface area contributed by atoms with Crippen LogP contribution in [0.1, 0.15) is 58.2 Å². The molecule has 0 nitrogen and oxygen atoms in total. The molecule has 3 aromatic carbocycles. The van der Waals surface area contributed by atoms with Crippen LogP contribution < -0.4 is 0 Å². The van der Waals surface area contributed by atoms with Crippen molar-refractivity contribution in [3.8, 4) is 0 Å². The van der Waals surface area contributed by atoms with Gasteiger partial charge in [0.2, 0.25) is 0 Å². The smallest absolute Gasteiger partial charge is 0.0503 e. The van der Waals surface area contributed by atoms with Crippen LogP contribution in [0.3, 0.4) is 0 Å². The molecule has 3 rings (SSSR count). The lowest BCUT2D eigenvalue weighted by Gasteiger charge is -2.39. The molecule has 0 saturated carbocycles. The molecule has 0 amide bonds. The highest BCUT2D eigenvalue weighted by Crippen LogP contribution is 2.47. The van der Waals surface area contributed by atoms with E-state index in [-0.39, 0.29) is 34.1 Å². The highest BCUT2D eigenvalue weighted by atomic mass is 31.8. The first-order valence-electron chi connectivity index (χ1n) is 11.5. The molecule has 0 fully saturated rings. The summed E-state index contributed by atoms with van der Waals surface area (Å²) in [6, 6.07) is 34.0. The van der Waals surface area contributed by atoms with Crippen LogP contribution >= 0.6 is 6.57 Å². The minimum Gasteiger partial charge on any atom is -0.155 e. The van der Waals surface area contributed by atoms with Crippen molar-refractivity contribution in [3.05, 3.63) is 108 Å². The van der Waals surface area contributed by atoms with E-state index in [1.54, 1.807) is 16.7 Å². The molecule has 3 aromatic rings. The Bertz CT molecular complexity index is 811. The van der Waals surface area contributed by atoms with E-state index in [9.17, 15) is 0 Å². The molecule has 164 valence electrons. The quantitative estimate of drug-likeness (QED) is 0.280. The van der Waals surface area contributed by atoms with E-state index < -0.39 is 0 Å². The summed E-state index contributed by atoms with van der Waals surface area (Å²) in [5, 5.41) is 1.14. The fourth-order valence-electron chi connectivity index (χ4n) is 4.79. The highest BCUT2D eigenvalue weighted by molar-refractivity contribution is 8.24. The van der Waals surface area contributed by atoms with Crippen molar-refractivity contribution in [1.82, 2.24) is 0 Å². The van der Waals surface area contributed by atoms with Gasteiger partial charge in [0.15, 0.2) is 0 Å². The summed E-state index contributed by atoms with van der Waals surface area (Å²) in [5.74, 6) is 0. The molecule has 4 heteroatoms. The molecular formula is C27H39PSi3. The third-order valence-electron chi connectivity index (χ3n) is 6.52. The van der Waals surface area contributed by atoms with Gasteiger partial charge in [-0.15, -0.1) is 0 Å². The third kappa shape index (κ3) is 6.61. The summed E-state index contributed by atoms with van der Waals surface area (Å²) in [6.07, 6.45) is 0. The number of hydrogen-bond donors (Lipinski definition) is 0. The SMILES string of the molecule is CC(C)([SiH2]P([SiH2]C(C)(C)c1ccccc1)[SiH2]C(C)(C)c1ccccc1)c1ccccc1. The average molecular weight is 479 g/mol. The maximum absolute atomic E-state index is 2.54. The van der Waals surface area contributed by atoms with Gasteiger partial charge in [-0.1, -0.05) is 133 Å². The van der Waals surface area contributed by atoms with E-state index in [0.717, 1.165) is 0 Å². The highest BCUT2D eigenvalue weighted by Gasteiger charge is 2.35. The molecule has 31 heavy (non-hydrogen) atoms. The van der Waals surface area contributed by atoms with Crippen molar-refractivity contribution < 1.29 is 0 Å². The van der Waals surface area contributed by atoms with Crippen LogP contribution in [0.15, 0.2) is 91.0 Å². The van der Waals surface area contributed by atoms with Gasteiger partial charge < -0.3 is 0 Å². The molecule has 0 aromatic heterocycles. The van der Waals surface area contributed by atoms with Gasteiger partial charge in [0.05, 0.1) is 27.6 Å². The normalized spacial score (nSPS) is 14.9. The summed E-state index contributed by atoms with van der Waals surface area (Å²) in [7, 11) is -0.679. The Morgan fingerprint density at radius 1 is 0.419 bits per heavy atom. The van der Waals surface area contributed by atoms with E-state index in [4.69, 9.17) is 0 Å². The van der Waals surface area contributed by atoms with Gasteiger partial charge in [-0.05, 0) is 31.8 Å². The topological polar surface area (TPSA) is 0 Å². The Hall–Kier alpha value is -1.26. The van der Waals surface area contributed by atoms with Crippen molar-refractivity contribution in [2.24, 2.45) is 0 Å².